The van der Waals surface area contributed by atoms with E-state index in [1.54, 1.807) is 0 Å². The normalized spacial score (nSPS) is 12.0. The minimum atomic E-state index is -0.640. The lowest BCUT2D eigenvalue weighted by Crippen LogP contribution is -2.44. The summed E-state index contributed by atoms with van der Waals surface area (Å²) in [5.74, 6) is -0.445. The molecule has 0 bridgehead atoms. The molecular formula is C33H64N2O8. The van der Waals surface area contributed by atoms with E-state index in [9.17, 15) is 14.4 Å². The minimum Gasteiger partial charge on any atom is -0.379 e. The Morgan fingerprint density at radius 1 is 0.512 bits per heavy atom. The molecule has 0 spiro atoms. The molecule has 0 saturated heterocycles. The van der Waals surface area contributed by atoms with Gasteiger partial charge < -0.3 is 34.7 Å². The van der Waals surface area contributed by atoms with E-state index in [1.807, 2.05) is 0 Å². The highest BCUT2D eigenvalue weighted by atomic mass is 16.6. The van der Waals surface area contributed by atoms with Crippen molar-refractivity contribution in [3.05, 3.63) is 0 Å². The van der Waals surface area contributed by atoms with Crippen molar-refractivity contribution in [1.82, 2.24) is 5.32 Å². The lowest BCUT2D eigenvalue weighted by molar-refractivity contribution is -0.127. The molecule has 0 radical (unpaired) electrons. The smallest absolute Gasteiger partial charge is 0.239 e. The Balaban J connectivity index is 3.57. The second-order valence-electron chi connectivity index (χ2n) is 11.1. The summed E-state index contributed by atoms with van der Waals surface area (Å²) in [6, 6.07) is -0.640. The Bertz CT molecular complexity index is 650. The predicted octanol–water partition coefficient (Wildman–Crippen LogP) is 5.28. The van der Waals surface area contributed by atoms with Gasteiger partial charge in [0, 0.05) is 25.9 Å². The van der Waals surface area contributed by atoms with Crippen molar-refractivity contribution in [2.45, 2.75) is 129 Å². The molecule has 10 nitrogen and oxygen atoms in total. The third-order valence-electron chi connectivity index (χ3n) is 7.00. The Morgan fingerprint density at radius 2 is 0.953 bits per heavy atom. The van der Waals surface area contributed by atoms with Crippen LogP contribution < -0.4 is 11.1 Å². The summed E-state index contributed by atoms with van der Waals surface area (Å²) >= 11 is 0. The van der Waals surface area contributed by atoms with Gasteiger partial charge in [0.2, 0.25) is 11.8 Å². The summed E-state index contributed by atoms with van der Waals surface area (Å²) in [6.45, 7) is 9.59. The van der Waals surface area contributed by atoms with Crippen molar-refractivity contribution in [2.75, 3.05) is 66.1 Å². The number of hydrogen-bond acceptors (Lipinski definition) is 8. The van der Waals surface area contributed by atoms with Gasteiger partial charge in [0.05, 0.1) is 59.5 Å². The number of nitrogens with two attached hydrogens (primary N) is 1. The zero-order valence-corrected chi connectivity index (χ0v) is 27.5. The number of nitrogens with one attached hydrogen (secondary N) is 1. The minimum absolute atomic E-state index is 0.106. The van der Waals surface area contributed by atoms with Gasteiger partial charge in [-0.2, -0.15) is 0 Å². The van der Waals surface area contributed by atoms with Crippen molar-refractivity contribution in [3.8, 4) is 0 Å². The highest BCUT2D eigenvalue weighted by Gasteiger charge is 2.17. The third kappa shape index (κ3) is 31.6. The van der Waals surface area contributed by atoms with Crippen LogP contribution >= 0.6 is 0 Å². The second kappa shape index (κ2) is 33.3. The van der Waals surface area contributed by atoms with Gasteiger partial charge >= 0.3 is 0 Å². The number of Topliss-reactive ketones (excluding diaryl/α,β-unsaturated/α-hetero) is 1. The van der Waals surface area contributed by atoms with Gasteiger partial charge in [0.25, 0.3) is 0 Å². The number of rotatable bonds is 35. The molecule has 0 aliphatic rings. The van der Waals surface area contributed by atoms with Crippen LogP contribution in [0.25, 0.3) is 0 Å². The molecule has 10 heteroatoms. The van der Waals surface area contributed by atoms with Crippen LogP contribution in [-0.4, -0.2) is 89.7 Å². The van der Waals surface area contributed by atoms with Crippen molar-refractivity contribution in [3.63, 3.8) is 0 Å². The number of unbranched alkanes of at least 4 members (excludes halogenated alkanes) is 10. The maximum atomic E-state index is 12.2. The van der Waals surface area contributed by atoms with Crippen LogP contribution in [0.4, 0.5) is 0 Å². The highest BCUT2D eigenvalue weighted by Crippen LogP contribution is 2.11. The number of primary amides is 1. The van der Waals surface area contributed by atoms with E-state index < -0.39 is 11.9 Å². The second-order valence-corrected chi connectivity index (χ2v) is 11.1. The van der Waals surface area contributed by atoms with Gasteiger partial charge in [-0.25, -0.2) is 0 Å². The van der Waals surface area contributed by atoms with E-state index in [-0.39, 0.29) is 11.7 Å². The number of amides is 2. The third-order valence-corrected chi connectivity index (χ3v) is 7.00. The van der Waals surface area contributed by atoms with Crippen LogP contribution in [0.1, 0.15) is 123 Å². The van der Waals surface area contributed by atoms with E-state index >= 15 is 0 Å². The largest absolute Gasteiger partial charge is 0.379 e. The fourth-order valence-corrected chi connectivity index (χ4v) is 4.43. The van der Waals surface area contributed by atoms with Crippen LogP contribution in [-0.2, 0) is 38.1 Å². The van der Waals surface area contributed by atoms with Gasteiger partial charge in [0.15, 0.2) is 0 Å². The number of carbonyl (C=O) groups excluding carboxylic acids is 3. The summed E-state index contributed by atoms with van der Waals surface area (Å²) in [5.41, 5.74) is 5.50. The van der Waals surface area contributed by atoms with Gasteiger partial charge in [-0.15, -0.1) is 0 Å². The highest BCUT2D eigenvalue weighted by molar-refractivity contribution is 5.86. The van der Waals surface area contributed by atoms with E-state index in [1.165, 1.54) is 38.5 Å². The van der Waals surface area contributed by atoms with Crippen LogP contribution in [0, 0.1) is 0 Å². The molecule has 0 rings (SSSR count). The quantitative estimate of drug-likeness (QED) is 0.0919. The molecule has 2 amide bonds. The molecule has 254 valence electrons. The number of carbonyl (C=O) groups is 3. The molecule has 0 aromatic carbocycles. The van der Waals surface area contributed by atoms with Crippen molar-refractivity contribution in [1.29, 1.82) is 0 Å². The number of ether oxygens (including phenoxy) is 5. The molecule has 0 aromatic rings. The van der Waals surface area contributed by atoms with Crippen LogP contribution in [0.3, 0.4) is 0 Å². The molecule has 1 unspecified atom stereocenters. The molecule has 0 saturated carbocycles. The van der Waals surface area contributed by atoms with Gasteiger partial charge in [-0.3, -0.25) is 14.4 Å². The first-order valence-corrected chi connectivity index (χ1v) is 17.0. The summed E-state index contributed by atoms with van der Waals surface area (Å²) in [7, 11) is 0. The fraction of sp³-hybridized carbons (Fsp3) is 0.909. The topological polar surface area (TPSA) is 135 Å². The molecular weight excluding hydrogens is 552 g/mol. The summed E-state index contributed by atoms with van der Waals surface area (Å²) in [4.78, 5) is 36.1. The van der Waals surface area contributed by atoms with E-state index in [2.05, 4.69) is 19.2 Å². The predicted molar refractivity (Wildman–Crippen MR) is 170 cm³/mol. The van der Waals surface area contributed by atoms with Gasteiger partial charge in [0.1, 0.15) is 11.8 Å². The Kier molecular flexibility index (Phi) is 32.1. The van der Waals surface area contributed by atoms with E-state index in [0.717, 1.165) is 51.6 Å². The molecule has 3 N–H and O–H groups in total. The Morgan fingerprint density at radius 3 is 1.47 bits per heavy atom. The van der Waals surface area contributed by atoms with Crippen LogP contribution in [0.15, 0.2) is 0 Å². The first-order chi connectivity index (χ1) is 21.0. The maximum Gasteiger partial charge on any atom is 0.239 e. The lowest BCUT2D eigenvalue weighted by atomic mass is 10.0. The molecule has 0 fully saturated rings. The molecule has 0 heterocycles. The van der Waals surface area contributed by atoms with Crippen LogP contribution in [0.2, 0.25) is 0 Å². The Labute approximate surface area is 261 Å². The van der Waals surface area contributed by atoms with E-state index in [0.29, 0.717) is 85.1 Å². The number of ketones is 1. The molecule has 43 heavy (non-hydrogen) atoms. The van der Waals surface area contributed by atoms with Gasteiger partial charge in [-0.05, 0) is 25.7 Å². The SMILES string of the molecule is CCCCCCCCCCCC(=O)NC(CCCCCC(=O)CCOCCOCCOCCOCCOCCC)C(N)=O. The molecule has 1 atom stereocenters. The van der Waals surface area contributed by atoms with Crippen LogP contribution in [0.5, 0.6) is 0 Å². The summed E-state index contributed by atoms with van der Waals surface area (Å²) < 4.78 is 27.1. The zero-order chi connectivity index (χ0) is 31.6. The van der Waals surface area contributed by atoms with Crippen molar-refractivity contribution >= 4 is 17.6 Å². The first kappa shape index (κ1) is 41.4. The Hall–Kier alpha value is -1.59. The van der Waals surface area contributed by atoms with Gasteiger partial charge in [-0.1, -0.05) is 78.1 Å². The fourth-order valence-electron chi connectivity index (χ4n) is 4.43. The van der Waals surface area contributed by atoms with E-state index in [4.69, 9.17) is 29.4 Å². The zero-order valence-electron chi connectivity index (χ0n) is 27.5. The molecule has 0 aliphatic carbocycles. The standard InChI is InChI=1S/C33H64N2O8/c1-3-5-6-7-8-9-10-11-15-18-32(37)35-31(33(34)38)17-14-12-13-16-30(36)19-21-40-23-25-42-27-29-43-28-26-41-24-22-39-20-4-2/h31H,3-29H2,1-2H3,(H2,34,38)(H,35,37). The van der Waals surface area contributed by atoms with Crippen molar-refractivity contribution < 1.29 is 38.1 Å². The average Bonchev–Trinajstić information content (AvgIpc) is 2.99. The average molecular weight is 617 g/mol. The monoisotopic (exact) mass is 616 g/mol. The maximum absolute atomic E-state index is 12.2. The first-order valence-electron chi connectivity index (χ1n) is 17.0. The summed E-state index contributed by atoms with van der Waals surface area (Å²) in [5, 5.41) is 2.79. The molecule has 0 aliphatic heterocycles. The number of hydrogen-bond donors (Lipinski definition) is 2. The molecule has 0 aromatic heterocycles. The lowest BCUT2D eigenvalue weighted by Gasteiger charge is -2.15. The van der Waals surface area contributed by atoms with Crippen molar-refractivity contribution in [2.24, 2.45) is 5.73 Å². The summed E-state index contributed by atoms with van der Waals surface area (Å²) in [6.07, 6.45) is 15.8.